The van der Waals surface area contributed by atoms with Gasteiger partial charge < -0.3 is 5.11 Å². The first-order chi connectivity index (χ1) is 9.32. The Morgan fingerprint density at radius 2 is 1.90 bits per heavy atom. The van der Waals surface area contributed by atoms with Gasteiger partial charge in [0.25, 0.3) is 0 Å². The first kappa shape index (κ1) is 15.4. The van der Waals surface area contributed by atoms with Crippen LogP contribution >= 0.6 is 0 Å². The maximum absolute atomic E-state index is 12.5. The van der Waals surface area contributed by atoms with Gasteiger partial charge in [-0.1, -0.05) is 38.3 Å². The SMILES string of the molecule is CCC1CCCC(O)(Cc2ccc(C(F)(F)F)cc2)C1. The molecule has 1 saturated carbocycles. The average molecular weight is 286 g/mol. The highest BCUT2D eigenvalue weighted by atomic mass is 19.4. The van der Waals surface area contributed by atoms with E-state index >= 15 is 0 Å². The molecule has 0 bridgehead atoms. The summed E-state index contributed by atoms with van der Waals surface area (Å²) in [5, 5.41) is 10.6. The zero-order chi connectivity index (χ0) is 14.8. The second-order valence-electron chi connectivity index (χ2n) is 5.97. The molecule has 0 spiro atoms. The highest BCUT2D eigenvalue weighted by molar-refractivity contribution is 5.25. The normalized spacial score (nSPS) is 27.6. The van der Waals surface area contributed by atoms with Gasteiger partial charge in [0, 0.05) is 6.42 Å². The molecule has 4 heteroatoms. The molecule has 0 amide bonds. The van der Waals surface area contributed by atoms with Crippen molar-refractivity contribution in [2.24, 2.45) is 5.92 Å². The molecule has 0 aliphatic heterocycles. The lowest BCUT2D eigenvalue weighted by molar-refractivity contribution is -0.137. The Morgan fingerprint density at radius 3 is 2.45 bits per heavy atom. The van der Waals surface area contributed by atoms with Gasteiger partial charge in [-0.2, -0.15) is 13.2 Å². The van der Waals surface area contributed by atoms with Gasteiger partial charge in [-0.3, -0.25) is 0 Å². The Hall–Kier alpha value is -1.03. The third kappa shape index (κ3) is 3.75. The zero-order valence-corrected chi connectivity index (χ0v) is 11.7. The number of aliphatic hydroxyl groups is 1. The van der Waals surface area contributed by atoms with Crippen LogP contribution in [0.5, 0.6) is 0 Å². The molecule has 1 aliphatic carbocycles. The average Bonchev–Trinajstić information content (AvgIpc) is 2.37. The minimum absolute atomic E-state index is 0.446. The molecule has 1 nitrogen and oxygen atoms in total. The summed E-state index contributed by atoms with van der Waals surface area (Å²) >= 11 is 0. The van der Waals surface area contributed by atoms with E-state index in [9.17, 15) is 18.3 Å². The predicted molar refractivity (Wildman–Crippen MR) is 72.3 cm³/mol. The van der Waals surface area contributed by atoms with Crippen molar-refractivity contribution in [1.29, 1.82) is 0 Å². The van der Waals surface area contributed by atoms with Crippen LogP contribution in [0.1, 0.15) is 50.2 Å². The zero-order valence-electron chi connectivity index (χ0n) is 11.7. The van der Waals surface area contributed by atoms with Crippen molar-refractivity contribution in [1.82, 2.24) is 0 Å². The quantitative estimate of drug-likeness (QED) is 0.862. The van der Waals surface area contributed by atoms with Crippen LogP contribution in [-0.2, 0) is 12.6 Å². The van der Waals surface area contributed by atoms with E-state index in [1.165, 1.54) is 12.1 Å². The monoisotopic (exact) mass is 286 g/mol. The lowest BCUT2D eigenvalue weighted by Gasteiger charge is -2.36. The number of hydrogen-bond donors (Lipinski definition) is 1. The number of benzene rings is 1. The van der Waals surface area contributed by atoms with E-state index in [2.05, 4.69) is 6.92 Å². The molecule has 1 fully saturated rings. The van der Waals surface area contributed by atoms with E-state index in [-0.39, 0.29) is 0 Å². The van der Waals surface area contributed by atoms with Crippen LogP contribution in [0.2, 0.25) is 0 Å². The summed E-state index contributed by atoms with van der Waals surface area (Å²) in [5.74, 6) is 0.531. The number of alkyl halides is 3. The predicted octanol–water partition coefficient (Wildman–Crippen LogP) is 4.58. The molecule has 0 aromatic heterocycles. The van der Waals surface area contributed by atoms with Crippen molar-refractivity contribution in [2.75, 3.05) is 0 Å². The van der Waals surface area contributed by atoms with Crippen LogP contribution in [0.4, 0.5) is 13.2 Å². The molecule has 112 valence electrons. The fourth-order valence-corrected chi connectivity index (χ4v) is 3.16. The molecular weight excluding hydrogens is 265 g/mol. The van der Waals surface area contributed by atoms with Crippen molar-refractivity contribution in [3.63, 3.8) is 0 Å². The smallest absolute Gasteiger partial charge is 0.390 e. The maximum Gasteiger partial charge on any atom is 0.416 e. The molecule has 2 unspecified atom stereocenters. The fourth-order valence-electron chi connectivity index (χ4n) is 3.16. The molecule has 0 heterocycles. The Balaban J connectivity index is 2.06. The number of rotatable bonds is 3. The van der Waals surface area contributed by atoms with E-state index in [1.807, 2.05) is 0 Å². The number of hydrogen-bond acceptors (Lipinski definition) is 1. The fraction of sp³-hybridized carbons (Fsp3) is 0.625. The standard InChI is InChI=1S/C16H21F3O/c1-2-12-4-3-9-15(20,10-12)11-13-5-7-14(8-6-13)16(17,18)19/h5-8,12,20H,2-4,9-11H2,1H3. The van der Waals surface area contributed by atoms with E-state index in [4.69, 9.17) is 0 Å². The summed E-state index contributed by atoms with van der Waals surface area (Å²) in [5.41, 5.74) is -0.612. The molecule has 1 aromatic carbocycles. The first-order valence-corrected chi connectivity index (χ1v) is 7.21. The van der Waals surface area contributed by atoms with E-state index < -0.39 is 17.3 Å². The lowest BCUT2D eigenvalue weighted by atomic mass is 9.74. The van der Waals surface area contributed by atoms with Gasteiger partial charge in [0.15, 0.2) is 0 Å². The summed E-state index contributed by atoms with van der Waals surface area (Å²) in [6.45, 7) is 2.12. The van der Waals surface area contributed by atoms with Crippen LogP contribution in [0.3, 0.4) is 0 Å². The van der Waals surface area contributed by atoms with Gasteiger partial charge in [0.1, 0.15) is 0 Å². The third-order valence-corrected chi connectivity index (χ3v) is 4.31. The molecule has 2 rings (SSSR count). The van der Waals surface area contributed by atoms with Gasteiger partial charge in [0.2, 0.25) is 0 Å². The minimum Gasteiger partial charge on any atom is -0.390 e. The van der Waals surface area contributed by atoms with Crippen LogP contribution in [0.25, 0.3) is 0 Å². The van der Waals surface area contributed by atoms with Gasteiger partial charge >= 0.3 is 6.18 Å². The van der Waals surface area contributed by atoms with Crippen molar-refractivity contribution in [3.8, 4) is 0 Å². The van der Waals surface area contributed by atoms with E-state index in [0.717, 1.165) is 49.8 Å². The first-order valence-electron chi connectivity index (χ1n) is 7.21. The molecule has 1 N–H and O–H groups in total. The maximum atomic E-state index is 12.5. The summed E-state index contributed by atoms with van der Waals surface area (Å²) < 4.78 is 37.5. The molecule has 2 atom stereocenters. The van der Waals surface area contributed by atoms with Gasteiger partial charge in [-0.15, -0.1) is 0 Å². The minimum atomic E-state index is -4.30. The lowest BCUT2D eigenvalue weighted by Crippen LogP contribution is -2.37. The van der Waals surface area contributed by atoms with Gasteiger partial charge in [-0.05, 0) is 36.5 Å². The molecular formula is C16H21F3O. The summed E-state index contributed by atoms with van der Waals surface area (Å²) in [6, 6.07) is 5.16. The Kier molecular flexibility index (Phi) is 4.43. The molecule has 0 radical (unpaired) electrons. The topological polar surface area (TPSA) is 20.2 Å². The molecule has 0 saturated heterocycles. The van der Waals surface area contributed by atoms with Gasteiger partial charge in [0.05, 0.1) is 11.2 Å². The second kappa shape index (κ2) is 5.76. The molecule has 1 aromatic rings. The van der Waals surface area contributed by atoms with Crippen LogP contribution in [0, 0.1) is 5.92 Å². The molecule has 20 heavy (non-hydrogen) atoms. The van der Waals surface area contributed by atoms with Crippen LogP contribution in [-0.4, -0.2) is 10.7 Å². The van der Waals surface area contributed by atoms with Gasteiger partial charge in [-0.25, -0.2) is 0 Å². The van der Waals surface area contributed by atoms with Crippen molar-refractivity contribution in [2.45, 2.75) is 57.2 Å². The summed E-state index contributed by atoms with van der Waals surface area (Å²) in [7, 11) is 0. The largest absolute Gasteiger partial charge is 0.416 e. The van der Waals surface area contributed by atoms with E-state index in [1.54, 1.807) is 0 Å². The van der Waals surface area contributed by atoms with Crippen molar-refractivity contribution in [3.05, 3.63) is 35.4 Å². The number of halogens is 3. The van der Waals surface area contributed by atoms with E-state index in [0.29, 0.717) is 12.3 Å². The molecule has 1 aliphatic rings. The highest BCUT2D eigenvalue weighted by Crippen LogP contribution is 2.37. The Morgan fingerprint density at radius 1 is 1.25 bits per heavy atom. The van der Waals surface area contributed by atoms with Crippen molar-refractivity contribution >= 4 is 0 Å². The van der Waals surface area contributed by atoms with Crippen molar-refractivity contribution < 1.29 is 18.3 Å². The second-order valence-corrected chi connectivity index (χ2v) is 5.97. The highest BCUT2D eigenvalue weighted by Gasteiger charge is 2.34. The Labute approximate surface area is 117 Å². The van der Waals surface area contributed by atoms with Crippen LogP contribution in [0.15, 0.2) is 24.3 Å². The third-order valence-electron chi connectivity index (χ3n) is 4.31. The van der Waals surface area contributed by atoms with Crippen LogP contribution < -0.4 is 0 Å². The summed E-state index contributed by atoms with van der Waals surface area (Å²) in [4.78, 5) is 0. The summed E-state index contributed by atoms with van der Waals surface area (Å²) in [6.07, 6.45) is 0.834. The Bertz CT molecular complexity index is 438.